The molecule has 2 saturated carbocycles. The Kier molecular flexibility index (Phi) is 1.41. The van der Waals surface area contributed by atoms with E-state index in [0.29, 0.717) is 16.2 Å². The number of rotatable bonds is 0. The van der Waals surface area contributed by atoms with Crippen molar-refractivity contribution in [3.63, 3.8) is 0 Å². The van der Waals surface area contributed by atoms with Gasteiger partial charge in [0.15, 0.2) is 0 Å². The average molecular weight is 173 g/mol. The lowest BCUT2D eigenvalue weighted by molar-refractivity contribution is 0.155. The van der Waals surface area contributed by atoms with Crippen LogP contribution in [0.25, 0.3) is 0 Å². The van der Waals surface area contributed by atoms with Crippen molar-refractivity contribution in [3.05, 3.63) is 0 Å². The molecule has 2 bridgehead atoms. The molecule has 64 valence electrons. The Hall–Kier alpha value is 0.290. The molecule has 0 N–H and O–H groups in total. The largest absolute Gasteiger partial charge is 0.122 e. The molecule has 2 rings (SSSR count). The predicted molar refractivity (Wildman–Crippen MR) is 48.9 cm³/mol. The molecule has 0 spiro atoms. The van der Waals surface area contributed by atoms with Gasteiger partial charge in [0.05, 0.1) is 0 Å². The fraction of sp³-hybridized carbons (Fsp3) is 1.00. The summed E-state index contributed by atoms with van der Waals surface area (Å²) in [5, 5.41) is 0.441. The topological polar surface area (TPSA) is 0 Å². The van der Waals surface area contributed by atoms with E-state index in [1.165, 1.54) is 19.3 Å². The quantitative estimate of drug-likeness (QED) is 0.491. The molecule has 0 aromatic heterocycles. The van der Waals surface area contributed by atoms with Crippen molar-refractivity contribution in [3.8, 4) is 0 Å². The van der Waals surface area contributed by atoms with E-state index in [2.05, 4.69) is 20.8 Å². The third-order valence-electron chi connectivity index (χ3n) is 4.69. The summed E-state index contributed by atoms with van der Waals surface area (Å²) >= 11 is 6.33. The second-order valence-corrected chi connectivity index (χ2v) is 5.60. The zero-order valence-corrected chi connectivity index (χ0v) is 8.41. The lowest BCUT2D eigenvalue weighted by atomic mass is 9.71. The van der Waals surface area contributed by atoms with Crippen LogP contribution in [0.1, 0.15) is 40.0 Å². The minimum absolute atomic E-state index is 0.430. The Bertz CT molecular complexity index is 185. The fourth-order valence-corrected chi connectivity index (χ4v) is 3.71. The third kappa shape index (κ3) is 0.722. The van der Waals surface area contributed by atoms with Gasteiger partial charge in [-0.25, -0.2) is 0 Å². The van der Waals surface area contributed by atoms with Crippen LogP contribution < -0.4 is 0 Å². The minimum Gasteiger partial charge on any atom is -0.122 e. The van der Waals surface area contributed by atoms with Crippen molar-refractivity contribution in [2.45, 2.75) is 45.4 Å². The molecule has 2 aliphatic rings. The molecule has 0 aliphatic heterocycles. The Morgan fingerprint density at radius 1 is 1.27 bits per heavy atom. The first-order chi connectivity index (χ1) is 4.98. The number of fused-ring (bicyclic) bond motifs is 2. The summed E-state index contributed by atoms with van der Waals surface area (Å²) in [4.78, 5) is 0. The zero-order valence-electron chi connectivity index (χ0n) is 7.65. The first kappa shape index (κ1) is 7.91. The van der Waals surface area contributed by atoms with Gasteiger partial charge in [0.2, 0.25) is 0 Å². The summed E-state index contributed by atoms with van der Waals surface area (Å²) in [6, 6.07) is 0. The lowest BCUT2D eigenvalue weighted by Crippen LogP contribution is -2.32. The number of halogens is 1. The van der Waals surface area contributed by atoms with E-state index in [1.54, 1.807) is 0 Å². The molecule has 0 heterocycles. The molecule has 0 saturated heterocycles. The van der Waals surface area contributed by atoms with E-state index >= 15 is 0 Å². The van der Waals surface area contributed by atoms with Crippen LogP contribution in [-0.2, 0) is 0 Å². The van der Waals surface area contributed by atoms with Crippen molar-refractivity contribution in [2.75, 3.05) is 0 Å². The van der Waals surface area contributed by atoms with Crippen LogP contribution in [0.4, 0.5) is 0 Å². The summed E-state index contributed by atoms with van der Waals surface area (Å²) < 4.78 is 0. The predicted octanol–water partition coefficient (Wildman–Crippen LogP) is 3.44. The molecular formula is C10H17Cl. The van der Waals surface area contributed by atoms with Gasteiger partial charge < -0.3 is 0 Å². The summed E-state index contributed by atoms with van der Waals surface area (Å²) in [7, 11) is 0. The Balaban J connectivity index is 2.40. The van der Waals surface area contributed by atoms with Gasteiger partial charge in [-0.15, -0.1) is 11.6 Å². The van der Waals surface area contributed by atoms with Crippen molar-refractivity contribution in [2.24, 2.45) is 16.7 Å². The molecule has 0 aromatic rings. The van der Waals surface area contributed by atoms with Crippen LogP contribution in [-0.4, -0.2) is 5.38 Å². The van der Waals surface area contributed by atoms with Crippen molar-refractivity contribution >= 4 is 11.6 Å². The summed E-state index contributed by atoms with van der Waals surface area (Å²) in [6.07, 6.45) is 4.01. The van der Waals surface area contributed by atoms with Gasteiger partial charge in [-0.1, -0.05) is 20.8 Å². The van der Waals surface area contributed by atoms with Crippen LogP contribution in [0.5, 0.6) is 0 Å². The van der Waals surface area contributed by atoms with Crippen LogP contribution >= 0.6 is 11.6 Å². The van der Waals surface area contributed by atoms with Gasteiger partial charge in [0.1, 0.15) is 0 Å². The van der Waals surface area contributed by atoms with E-state index in [4.69, 9.17) is 11.6 Å². The summed E-state index contributed by atoms with van der Waals surface area (Å²) in [6.45, 7) is 7.16. The molecule has 0 nitrogen and oxygen atoms in total. The fourth-order valence-electron chi connectivity index (χ4n) is 3.11. The zero-order chi connectivity index (χ0) is 8.28. The maximum Gasteiger partial charge on any atom is 0.0397 e. The molecular weight excluding hydrogens is 156 g/mol. The molecule has 2 aliphatic carbocycles. The van der Waals surface area contributed by atoms with Crippen molar-refractivity contribution in [1.29, 1.82) is 0 Å². The summed E-state index contributed by atoms with van der Waals surface area (Å²) in [5.41, 5.74) is 0.929. The number of alkyl halides is 1. The van der Waals surface area contributed by atoms with Crippen molar-refractivity contribution < 1.29 is 0 Å². The lowest BCUT2D eigenvalue weighted by Gasteiger charge is -2.36. The second-order valence-electron chi connectivity index (χ2n) is 5.08. The van der Waals surface area contributed by atoms with Gasteiger partial charge in [0, 0.05) is 5.38 Å². The second kappa shape index (κ2) is 1.96. The minimum atomic E-state index is 0.430. The van der Waals surface area contributed by atoms with Gasteiger partial charge in [-0.2, -0.15) is 0 Å². The molecule has 0 amide bonds. The number of hydrogen-bond acceptors (Lipinski definition) is 0. The van der Waals surface area contributed by atoms with E-state index < -0.39 is 0 Å². The van der Waals surface area contributed by atoms with Gasteiger partial charge in [-0.3, -0.25) is 0 Å². The molecule has 11 heavy (non-hydrogen) atoms. The third-order valence-corrected chi connectivity index (χ3v) is 5.35. The first-order valence-corrected chi connectivity index (χ1v) is 5.06. The number of hydrogen-bond donors (Lipinski definition) is 0. The maximum absolute atomic E-state index is 6.33. The standard InChI is InChI=1S/C10H17Cl/c1-9(2)7-4-5-10(9,3)8(11)6-7/h7-8H,4-6H2,1-3H3/t7?,8?,10-/m0/s1. The molecule has 1 heteroatoms. The van der Waals surface area contributed by atoms with E-state index in [0.717, 1.165) is 5.92 Å². The van der Waals surface area contributed by atoms with Gasteiger partial charge in [-0.05, 0) is 36.0 Å². The van der Waals surface area contributed by atoms with Crippen LogP contribution in [0, 0.1) is 16.7 Å². The average Bonchev–Trinajstić information content (AvgIpc) is 2.20. The SMILES string of the molecule is CC1(C)C2CC[C@@]1(C)C(Cl)C2. The summed E-state index contributed by atoms with van der Waals surface area (Å²) in [5.74, 6) is 0.898. The Morgan fingerprint density at radius 2 is 1.91 bits per heavy atom. The maximum atomic E-state index is 6.33. The molecule has 3 atom stereocenters. The highest BCUT2D eigenvalue weighted by Crippen LogP contribution is 2.66. The highest BCUT2D eigenvalue weighted by atomic mass is 35.5. The molecule has 0 aromatic carbocycles. The van der Waals surface area contributed by atoms with Gasteiger partial charge in [0.25, 0.3) is 0 Å². The highest BCUT2D eigenvalue weighted by molar-refractivity contribution is 6.21. The van der Waals surface area contributed by atoms with Crippen LogP contribution in [0.3, 0.4) is 0 Å². The Morgan fingerprint density at radius 3 is 2.09 bits per heavy atom. The first-order valence-electron chi connectivity index (χ1n) is 4.62. The van der Waals surface area contributed by atoms with Crippen LogP contribution in [0.15, 0.2) is 0 Å². The van der Waals surface area contributed by atoms with Crippen molar-refractivity contribution in [1.82, 2.24) is 0 Å². The smallest absolute Gasteiger partial charge is 0.0397 e. The normalized spacial score (nSPS) is 53.5. The van der Waals surface area contributed by atoms with E-state index in [1.807, 2.05) is 0 Å². The molecule has 0 radical (unpaired) electrons. The monoisotopic (exact) mass is 172 g/mol. The van der Waals surface area contributed by atoms with E-state index in [-0.39, 0.29) is 0 Å². The van der Waals surface area contributed by atoms with E-state index in [9.17, 15) is 0 Å². The Labute approximate surface area is 74.3 Å². The molecule has 2 unspecified atom stereocenters. The molecule has 2 fully saturated rings. The van der Waals surface area contributed by atoms with Gasteiger partial charge >= 0.3 is 0 Å². The van der Waals surface area contributed by atoms with Crippen LogP contribution in [0.2, 0.25) is 0 Å². The highest BCUT2D eigenvalue weighted by Gasteiger charge is 2.60.